The van der Waals surface area contributed by atoms with E-state index in [4.69, 9.17) is 16.0 Å². The molecule has 0 fully saturated rings. The maximum Gasteiger partial charge on any atom is 0.247 e. The summed E-state index contributed by atoms with van der Waals surface area (Å²) < 4.78 is 5.69. The zero-order valence-electron chi connectivity index (χ0n) is 11.0. The van der Waals surface area contributed by atoms with Crippen molar-refractivity contribution in [3.63, 3.8) is 0 Å². The summed E-state index contributed by atoms with van der Waals surface area (Å²) in [5.74, 6) is 0.902. The topological polar surface area (TPSA) is 38.9 Å². The summed E-state index contributed by atoms with van der Waals surface area (Å²) >= 11 is 6.37. The lowest BCUT2D eigenvalue weighted by molar-refractivity contribution is 0.513. The van der Waals surface area contributed by atoms with Gasteiger partial charge >= 0.3 is 0 Å². The van der Waals surface area contributed by atoms with Crippen LogP contribution in [0.5, 0.6) is 0 Å². The first-order valence-corrected chi connectivity index (χ1v) is 6.77. The van der Waals surface area contributed by atoms with Gasteiger partial charge in [0.05, 0.1) is 0 Å². The van der Waals surface area contributed by atoms with Crippen LogP contribution in [0.3, 0.4) is 0 Å². The summed E-state index contributed by atoms with van der Waals surface area (Å²) in [6, 6.07) is 17.6. The number of aryl methyl sites for hydroxylation is 1. The Hall–Kier alpha value is -2.13. The largest absolute Gasteiger partial charge is 0.419 e. The van der Waals surface area contributed by atoms with Crippen LogP contribution in [-0.2, 0) is 0 Å². The highest BCUT2D eigenvalue weighted by Crippen LogP contribution is 2.29. The molecular weight excluding hydrogens is 272 g/mol. The van der Waals surface area contributed by atoms with Crippen molar-refractivity contribution in [2.45, 2.75) is 12.3 Å². The Kier molecular flexibility index (Phi) is 3.52. The Morgan fingerprint density at radius 1 is 1.00 bits per heavy atom. The van der Waals surface area contributed by atoms with Crippen molar-refractivity contribution in [3.8, 4) is 11.5 Å². The van der Waals surface area contributed by atoms with Gasteiger partial charge in [-0.25, -0.2) is 0 Å². The van der Waals surface area contributed by atoms with Crippen LogP contribution >= 0.6 is 11.6 Å². The maximum absolute atomic E-state index is 6.37. The van der Waals surface area contributed by atoms with Crippen LogP contribution in [-0.4, -0.2) is 10.2 Å². The number of halogens is 1. The third-order valence-corrected chi connectivity index (χ3v) is 3.45. The predicted molar refractivity (Wildman–Crippen MR) is 78.6 cm³/mol. The van der Waals surface area contributed by atoms with E-state index >= 15 is 0 Å². The fourth-order valence-corrected chi connectivity index (χ4v) is 2.23. The molecule has 3 nitrogen and oxygen atoms in total. The van der Waals surface area contributed by atoms with E-state index < -0.39 is 5.38 Å². The first-order valence-electron chi connectivity index (χ1n) is 6.33. The molecule has 1 aromatic heterocycles. The van der Waals surface area contributed by atoms with Gasteiger partial charge < -0.3 is 4.42 Å². The van der Waals surface area contributed by atoms with Gasteiger partial charge in [-0.2, -0.15) is 0 Å². The van der Waals surface area contributed by atoms with Crippen molar-refractivity contribution < 1.29 is 4.42 Å². The van der Waals surface area contributed by atoms with E-state index in [1.54, 1.807) is 0 Å². The number of hydrogen-bond donors (Lipinski definition) is 0. The lowest BCUT2D eigenvalue weighted by atomic mass is 10.1. The van der Waals surface area contributed by atoms with Gasteiger partial charge in [0.1, 0.15) is 5.38 Å². The zero-order valence-corrected chi connectivity index (χ0v) is 11.7. The minimum Gasteiger partial charge on any atom is -0.419 e. The molecule has 0 amide bonds. The summed E-state index contributed by atoms with van der Waals surface area (Å²) in [5, 5.41) is 7.69. The average molecular weight is 285 g/mol. The zero-order chi connectivity index (χ0) is 13.9. The standard InChI is InChI=1S/C16H13ClN2O/c1-11-6-5-9-13(10-11)15-18-19-16(20-15)14(17)12-7-3-2-4-8-12/h2-10,14H,1H3. The van der Waals surface area contributed by atoms with Crippen molar-refractivity contribution in [1.29, 1.82) is 0 Å². The van der Waals surface area contributed by atoms with Crippen LogP contribution in [0.1, 0.15) is 22.4 Å². The Morgan fingerprint density at radius 3 is 2.55 bits per heavy atom. The van der Waals surface area contributed by atoms with Crippen LogP contribution in [0.15, 0.2) is 59.0 Å². The molecule has 1 unspecified atom stereocenters. The molecule has 4 heteroatoms. The molecule has 100 valence electrons. The summed E-state index contributed by atoms with van der Waals surface area (Å²) in [6.45, 7) is 2.02. The minimum atomic E-state index is -0.428. The quantitative estimate of drug-likeness (QED) is 0.670. The number of aromatic nitrogens is 2. The molecule has 0 N–H and O–H groups in total. The predicted octanol–water partition coefficient (Wildman–Crippen LogP) is 4.37. The van der Waals surface area contributed by atoms with Crippen molar-refractivity contribution in [3.05, 3.63) is 71.6 Å². The third-order valence-electron chi connectivity index (χ3n) is 3.01. The highest BCUT2D eigenvalue weighted by atomic mass is 35.5. The number of alkyl halides is 1. The van der Waals surface area contributed by atoms with E-state index in [1.807, 2.05) is 61.5 Å². The monoisotopic (exact) mass is 284 g/mol. The fraction of sp³-hybridized carbons (Fsp3) is 0.125. The molecule has 0 aliphatic carbocycles. The summed E-state index contributed by atoms with van der Waals surface area (Å²) in [4.78, 5) is 0. The molecule has 0 aliphatic heterocycles. The van der Waals surface area contributed by atoms with Crippen LogP contribution in [0.4, 0.5) is 0 Å². The molecule has 3 rings (SSSR count). The van der Waals surface area contributed by atoms with E-state index in [-0.39, 0.29) is 0 Å². The molecule has 0 spiro atoms. The molecule has 0 radical (unpaired) electrons. The van der Waals surface area contributed by atoms with Gasteiger partial charge in [0.2, 0.25) is 11.8 Å². The minimum absolute atomic E-state index is 0.411. The molecule has 2 aromatic carbocycles. The Morgan fingerprint density at radius 2 is 1.80 bits per heavy atom. The first-order chi connectivity index (χ1) is 9.74. The molecule has 3 aromatic rings. The molecular formula is C16H13ClN2O. The van der Waals surface area contributed by atoms with Crippen molar-refractivity contribution in [2.24, 2.45) is 0 Å². The lowest BCUT2D eigenvalue weighted by Crippen LogP contribution is -1.92. The lowest BCUT2D eigenvalue weighted by Gasteiger charge is -2.03. The third kappa shape index (κ3) is 2.58. The maximum atomic E-state index is 6.37. The number of nitrogens with zero attached hydrogens (tertiary/aromatic N) is 2. The van der Waals surface area contributed by atoms with Crippen molar-refractivity contribution in [2.75, 3.05) is 0 Å². The van der Waals surface area contributed by atoms with Gasteiger partial charge in [-0.15, -0.1) is 21.8 Å². The molecule has 1 atom stereocenters. The van der Waals surface area contributed by atoms with Crippen LogP contribution in [0.25, 0.3) is 11.5 Å². The van der Waals surface area contributed by atoms with E-state index in [9.17, 15) is 0 Å². The molecule has 0 bridgehead atoms. The van der Waals surface area contributed by atoms with E-state index in [0.717, 1.165) is 16.7 Å². The number of hydrogen-bond acceptors (Lipinski definition) is 3. The van der Waals surface area contributed by atoms with Gasteiger partial charge in [-0.3, -0.25) is 0 Å². The highest BCUT2D eigenvalue weighted by Gasteiger charge is 2.18. The normalized spacial score (nSPS) is 12.3. The van der Waals surface area contributed by atoms with Crippen molar-refractivity contribution >= 4 is 11.6 Å². The second-order valence-electron chi connectivity index (χ2n) is 4.59. The molecule has 0 saturated heterocycles. The first kappa shape index (κ1) is 12.9. The van der Waals surface area contributed by atoms with E-state index in [0.29, 0.717) is 11.8 Å². The highest BCUT2D eigenvalue weighted by molar-refractivity contribution is 6.22. The van der Waals surface area contributed by atoms with Crippen LogP contribution in [0, 0.1) is 6.92 Å². The van der Waals surface area contributed by atoms with Gasteiger partial charge in [0.25, 0.3) is 0 Å². The second-order valence-corrected chi connectivity index (χ2v) is 5.02. The molecule has 1 heterocycles. The van der Waals surface area contributed by atoms with Crippen molar-refractivity contribution in [1.82, 2.24) is 10.2 Å². The molecule has 20 heavy (non-hydrogen) atoms. The SMILES string of the molecule is Cc1cccc(-c2nnc(C(Cl)c3ccccc3)o2)c1. The van der Waals surface area contributed by atoms with Crippen LogP contribution in [0.2, 0.25) is 0 Å². The van der Waals surface area contributed by atoms with Crippen LogP contribution < -0.4 is 0 Å². The number of benzene rings is 2. The van der Waals surface area contributed by atoms with Gasteiger partial charge in [-0.05, 0) is 24.6 Å². The smallest absolute Gasteiger partial charge is 0.247 e. The van der Waals surface area contributed by atoms with Gasteiger partial charge in [0, 0.05) is 5.56 Å². The average Bonchev–Trinajstić information content (AvgIpc) is 2.97. The van der Waals surface area contributed by atoms with Gasteiger partial charge in [0.15, 0.2) is 0 Å². The molecule has 0 saturated carbocycles. The summed E-state index contributed by atoms with van der Waals surface area (Å²) in [7, 11) is 0. The molecule has 0 aliphatic rings. The summed E-state index contributed by atoms with van der Waals surface area (Å²) in [5.41, 5.74) is 2.99. The van der Waals surface area contributed by atoms with E-state index in [2.05, 4.69) is 10.2 Å². The Labute approximate surface area is 122 Å². The fourth-order valence-electron chi connectivity index (χ4n) is 2.00. The number of rotatable bonds is 3. The van der Waals surface area contributed by atoms with Gasteiger partial charge in [-0.1, -0.05) is 48.0 Å². The Bertz CT molecular complexity index is 709. The Balaban J connectivity index is 1.91. The van der Waals surface area contributed by atoms with E-state index in [1.165, 1.54) is 0 Å². The second kappa shape index (κ2) is 5.47. The summed E-state index contributed by atoms with van der Waals surface area (Å²) in [6.07, 6.45) is 0.